The smallest absolute Gasteiger partial charge is 0.194 e. The number of carbonyl (C=O) groups is 1. The molecule has 0 radical (unpaired) electrons. The number of hydrogen-bond donors (Lipinski definition) is 0. The van der Waals surface area contributed by atoms with Crippen LogP contribution in [-0.4, -0.2) is 18.0 Å². The van der Waals surface area contributed by atoms with E-state index >= 15 is 0 Å². The topological polar surface area (TPSA) is 26.3 Å². The summed E-state index contributed by atoms with van der Waals surface area (Å²) in [5, 5.41) is 0. The molecule has 1 aromatic rings. The minimum absolute atomic E-state index is 0.0352. The third kappa shape index (κ3) is 2.90. The fourth-order valence-corrected chi connectivity index (χ4v) is 1.56. The van der Waals surface area contributed by atoms with Gasteiger partial charge >= 0.3 is 0 Å². The molecule has 0 aliphatic rings. The van der Waals surface area contributed by atoms with Crippen LogP contribution in [0.3, 0.4) is 0 Å². The molecule has 0 N–H and O–H groups in total. The molecule has 0 amide bonds. The van der Waals surface area contributed by atoms with Crippen molar-refractivity contribution in [3.05, 3.63) is 35.4 Å². The van der Waals surface area contributed by atoms with Crippen LogP contribution in [0, 0.1) is 6.92 Å². The number of hydrogen-bond acceptors (Lipinski definition) is 2. The van der Waals surface area contributed by atoms with Crippen LogP contribution < -0.4 is 0 Å². The molecule has 0 spiro atoms. The molecule has 0 fully saturated rings. The average molecular weight is 206 g/mol. The molecular weight excluding hydrogens is 188 g/mol. The highest BCUT2D eigenvalue weighted by Gasteiger charge is 2.28. The van der Waals surface area contributed by atoms with E-state index in [0.29, 0.717) is 12.2 Å². The highest BCUT2D eigenvalue weighted by molar-refractivity contribution is 6.02. The first kappa shape index (κ1) is 11.9. The van der Waals surface area contributed by atoms with Gasteiger partial charge in [0.05, 0.1) is 0 Å². The monoisotopic (exact) mass is 206 g/mol. The van der Waals surface area contributed by atoms with E-state index in [-0.39, 0.29) is 5.78 Å². The van der Waals surface area contributed by atoms with Crippen LogP contribution in [0.25, 0.3) is 0 Å². The second kappa shape index (κ2) is 4.58. The summed E-state index contributed by atoms with van der Waals surface area (Å²) in [4.78, 5) is 12.1. The third-order valence-electron chi connectivity index (χ3n) is 2.33. The number of benzene rings is 1. The van der Waals surface area contributed by atoms with Gasteiger partial charge in [-0.3, -0.25) is 4.79 Å². The lowest BCUT2D eigenvalue weighted by Crippen LogP contribution is -2.35. The maximum Gasteiger partial charge on any atom is 0.194 e. The Kier molecular flexibility index (Phi) is 3.64. The van der Waals surface area contributed by atoms with Gasteiger partial charge in [-0.2, -0.15) is 0 Å². The largest absolute Gasteiger partial charge is 0.368 e. The Morgan fingerprint density at radius 2 is 2.07 bits per heavy atom. The normalized spacial score (nSPS) is 11.5. The first-order chi connectivity index (χ1) is 6.97. The molecular formula is C13H18O2. The van der Waals surface area contributed by atoms with Crippen molar-refractivity contribution in [1.82, 2.24) is 0 Å². The molecule has 15 heavy (non-hydrogen) atoms. The Labute approximate surface area is 91.3 Å². The van der Waals surface area contributed by atoms with Crippen molar-refractivity contribution in [3.63, 3.8) is 0 Å². The summed E-state index contributed by atoms with van der Waals surface area (Å²) in [6.45, 7) is 8.03. The van der Waals surface area contributed by atoms with E-state index in [1.165, 1.54) is 0 Å². The fourth-order valence-electron chi connectivity index (χ4n) is 1.56. The maximum atomic E-state index is 12.1. The van der Waals surface area contributed by atoms with E-state index in [1.807, 2.05) is 38.1 Å². The first-order valence-electron chi connectivity index (χ1n) is 5.23. The van der Waals surface area contributed by atoms with Crippen LogP contribution in [0.1, 0.15) is 36.7 Å². The highest BCUT2D eigenvalue weighted by atomic mass is 16.5. The zero-order valence-electron chi connectivity index (χ0n) is 9.83. The predicted octanol–water partition coefficient (Wildman–Crippen LogP) is 2.99. The number of ketones is 1. The Bertz CT molecular complexity index is 353. The van der Waals surface area contributed by atoms with Crippen molar-refractivity contribution in [1.29, 1.82) is 0 Å². The predicted molar refractivity (Wildman–Crippen MR) is 61.2 cm³/mol. The van der Waals surface area contributed by atoms with E-state index in [1.54, 1.807) is 13.8 Å². The third-order valence-corrected chi connectivity index (χ3v) is 2.33. The quantitative estimate of drug-likeness (QED) is 0.708. The van der Waals surface area contributed by atoms with Gasteiger partial charge in [0.2, 0.25) is 0 Å². The molecule has 0 aliphatic carbocycles. The van der Waals surface area contributed by atoms with Crippen molar-refractivity contribution in [2.45, 2.75) is 33.3 Å². The van der Waals surface area contributed by atoms with Gasteiger partial charge in [-0.05, 0) is 33.8 Å². The summed E-state index contributed by atoms with van der Waals surface area (Å²) in [6, 6.07) is 7.59. The Balaban J connectivity index is 2.94. The molecule has 0 aliphatic heterocycles. The molecule has 2 heteroatoms. The molecule has 0 bridgehead atoms. The zero-order valence-corrected chi connectivity index (χ0v) is 9.83. The molecule has 1 rings (SSSR count). The molecule has 2 nitrogen and oxygen atoms in total. The SMILES string of the molecule is CCOC(C)(C)C(=O)c1cccc(C)c1. The molecule has 0 saturated heterocycles. The van der Waals surface area contributed by atoms with Gasteiger partial charge in [0.1, 0.15) is 5.60 Å². The van der Waals surface area contributed by atoms with Crippen LogP contribution in [0.2, 0.25) is 0 Å². The molecule has 0 aromatic heterocycles. The van der Waals surface area contributed by atoms with E-state index in [9.17, 15) is 4.79 Å². The standard InChI is InChI=1S/C13H18O2/c1-5-15-13(3,4)12(14)11-8-6-7-10(2)9-11/h6-9H,5H2,1-4H3. The fraction of sp³-hybridized carbons (Fsp3) is 0.462. The number of aryl methyl sites for hydroxylation is 1. The van der Waals surface area contributed by atoms with Crippen LogP contribution >= 0.6 is 0 Å². The van der Waals surface area contributed by atoms with Crippen LogP contribution in [0.5, 0.6) is 0 Å². The lowest BCUT2D eigenvalue weighted by atomic mass is 9.95. The summed E-state index contributed by atoms with van der Waals surface area (Å²) in [5.41, 5.74) is 1.07. The maximum absolute atomic E-state index is 12.1. The van der Waals surface area contributed by atoms with Crippen LogP contribution in [0.15, 0.2) is 24.3 Å². The Morgan fingerprint density at radius 3 is 2.60 bits per heavy atom. The van der Waals surface area contributed by atoms with Gasteiger partial charge in [-0.15, -0.1) is 0 Å². The summed E-state index contributed by atoms with van der Waals surface area (Å²) >= 11 is 0. The highest BCUT2D eigenvalue weighted by Crippen LogP contribution is 2.17. The molecule has 1 aromatic carbocycles. The number of rotatable bonds is 4. The summed E-state index contributed by atoms with van der Waals surface area (Å²) in [5.74, 6) is 0.0352. The summed E-state index contributed by atoms with van der Waals surface area (Å²) in [7, 11) is 0. The van der Waals surface area contributed by atoms with Crippen molar-refractivity contribution in [2.75, 3.05) is 6.61 Å². The van der Waals surface area contributed by atoms with Crippen molar-refractivity contribution in [3.8, 4) is 0 Å². The van der Waals surface area contributed by atoms with Crippen molar-refractivity contribution >= 4 is 5.78 Å². The van der Waals surface area contributed by atoms with Gasteiger partial charge in [0.15, 0.2) is 5.78 Å². The Hall–Kier alpha value is -1.15. The van der Waals surface area contributed by atoms with Crippen molar-refractivity contribution in [2.24, 2.45) is 0 Å². The molecule has 0 saturated carbocycles. The number of Topliss-reactive ketones (excluding diaryl/α,β-unsaturated/α-hetero) is 1. The molecule has 0 heterocycles. The molecule has 0 atom stereocenters. The number of carbonyl (C=O) groups excluding carboxylic acids is 1. The molecule has 0 unspecified atom stereocenters. The minimum Gasteiger partial charge on any atom is -0.368 e. The lowest BCUT2D eigenvalue weighted by molar-refractivity contribution is 0.00126. The summed E-state index contributed by atoms with van der Waals surface area (Å²) < 4.78 is 5.44. The minimum atomic E-state index is -0.734. The van der Waals surface area contributed by atoms with Gasteiger partial charge in [-0.1, -0.05) is 23.8 Å². The molecule has 82 valence electrons. The van der Waals surface area contributed by atoms with Gasteiger partial charge < -0.3 is 4.74 Å². The van der Waals surface area contributed by atoms with Gasteiger partial charge in [0, 0.05) is 12.2 Å². The summed E-state index contributed by atoms with van der Waals surface area (Å²) in [6.07, 6.45) is 0. The van der Waals surface area contributed by atoms with Crippen LogP contribution in [-0.2, 0) is 4.74 Å². The average Bonchev–Trinajstić information content (AvgIpc) is 2.16. The first-order valence-corrected chi connectivity index (χ1v) is 5.23. The van der Waals surface area contributed by atoms with Crippen LogP contribution in [0.4, 0.5) is 0 Å². The second-order valence-electron chi connectivity index (χ2n) is 4.14. The lowest BCUT2D eigenvalue weighted by Gasteiger charge is -2.23. The van der Waals surface area contributed by atoms with E-state index in [2.05, 4.69) is 0 Å². The zero-order chi connectivity index (χ0) is 11.5. The van der Waals surface area contributed by atoms with E-state index in [0.717, 1.165) is 5.56 Å². The van der Waals surface area contributed by atoms with E-state index in [4.69, 9.17) is 4.74 Å². The van der Waals surface area contributed by atoms with E-state index < -0.39 is 5.60 Å². The van der Waals surface area contributed by atoms with Crippen molar-refractivity contribution < 1.29 is 9.53 Å². The second-order valence-corrected chi connectivity index (χ2v) is 4.14. The Morgan fingerprint density at radius 1 is 1.40 bits per heavy atom. The van der Waals surface area contributed by atoms with Gasteiger partial charge in [0.25, 0.3) is 0 Å². The number of ether oxygens (including phenoxy) is 1. The van der Waals surface area contributed by atoms with Gasteiger partial charge in [-0.25, -0.2) is 0 Å².